The van der Waals surface area contributed by atoms with Crippen LogP contribution in [0.1, 0.15) is 43.6 Å². The highest BCUT2D eigenvalue weighted by atomic mass is 35.5. The summed E-state index contributed by atoms with van der Waals surface area (Å²) in [5.41, 5.74) is 3.58. The average molecular weight is 446 g/mol. The lowest BCUT2D eigenvalue weighted by Gasteiger charge is -2.20. The number of carbonyl (C=O) groups is 2. The number of amides is 2. The molecule has 0 aliphatic carbocycles. The van der Waals surface area contributed by atoms with Crippen LogP contribution in [-0.2, 0) is 4.79 Å². The lowest BCUT2D eigenvalue weighted by Crippen LogP contribution is -2.48. The molecule has 2 aromatic carbocycles. The zero-order valence-electron chi connectivity index (χ0n) is 18.3. The molecule has 0 aliphatic rings. The van der Waals surface area contributed by atoms with E-state index in [4.69, 9.17) is 21.1 Å². The summed E-state index contributed by atoms with van der Waals surface area (Å²) in [6, 6.07) is 11.1. The topological polar surface area (TPSA) is 89.0 Å². The molecule has 8 heteroatoms. The van der Waals surface area contributed by atoms with Crippen molar-refractivity contribution in [2.45, 2.75) is 39.8 Å². The molecule has 0 spiro atoms. The number of carbonyl (C=O) groups excluding carboxylic acids is 2. The number of rotatable bonds is 9. The first-order chi connectivity index (χ1) is 14.7. The van der Waals surface area contributed by atoms with Crippen LogP contribution in [0.2, 0.25) is 5.02 Å². The molecule has 0 saturated heterocycles. The summed E-state index contributed by atoms with van der Waals surface area (Å²) >= 11 is 5.94. The van der Waals surface area contributed by atoms with Gasteiger partial charge in [-0.1, -0.05) is 31.5 Å². The fraction of sp³-hybridized carbons (Fsp3) is 0.348. The van der Waals surface area contributed by atoms with Gasteiger partial charge in [0, 0.05) is 10.6 Å². The van der Waals surface area contributed by atoms with Crippen molar-refractivity contribution in [3.05, 3.63) is 58.6 Å². The normalized spacial score (nSPS) is 12.1. The molecule has 2 N–H and O–H groups in total. The molecule has 0 heterocycles. The van der Waals surface area contributed by atoms with Gasteiger partial charge in [-0.3, -0.25) is 9.59 Å². The quantitative estimate of drug-likeness (QED) is 0.450. The van der Waals surface area contributed by atoms with Crippen LogP contribution in [-0.4, -0.2) is 37.3 Å². The summed E-state index contributed by atoms with van der Waals surface area (Å²) in [5, 5.41) is 7.19. The van der Waals surface area contributed by atoms with Crippen LogP contribution in [0, 0.1) is 5.92 Å². The van der Waals surface area contributed by atoms with Gasteiger partial charge in [0.25, 0.3) is 11.8 Å². The zero-order valence-corrected chi connectivity index (χ0v) is 19.1. The lowest BCUT2D eigenvalue weighted by atomic mass is 10.0. The molecule has 2 rings (SSSR count). The van der Waals surface area contributed by atoms with Gasteiger partial charge in [-0.25, -0.2) is 5.43 Å². The van der Waals surface area contributed by atoms with E-state index in [2.05, 4.69) is 15.8 Å². The summed E-state index contributed by atoms with van der Waals surface area (Å²) in [7, 11) is 1.56. The SMILES string of the molecule is COc1cc(/C=N/NC(=O)C(NC(=O)c2cccc(Cl)c2)C(C)C)ccc1OC(C)C. The van der Waals surface area contributed by atoms with E-state index in [1.807, 2.05) is 27.7 Å². The van der Waals surface area contributed by atoms with E-state index < -0.39 is 11.9 Å². The second kappa shape index (κ2) is 11.4. The lowest BCUT2D eigenvalue weighted by molar-refractivity contribution is -0.123. The number of hydrogen-bond acceptors (Lipinski definition) is 5. The average Bonchev–Trinajstić information content (AvgIpc) is 2.72. The van der Waals surface area contributed by atoms with Gasteiger partial charge in [0.1, 0.15) is 6.04 Å². The van der Waals surface area contributed by atoms with Gasteiger partial charge in [0.2, 0.25) is 0 Å². The second-order valence-corrected chi connectivity index (χ2v) is 7.95. The van der Waals surface area contributed by atoms with E-state index in [1.165, 1.54) is 6.21 Å². The Morgan fingerprint density at radius 3 is 2.42 bits per heavy atom. The van der Waals surface area contributed by atoms with Gasteiger partial charge in [0.15, 0.2) is 11.5 Å². The van der Waals surface area contributed by atoms with Gasteiger partial charge in [0.05, 0.1) is 19.4 Å². The number of nitrogens with one attached hydrogen (secondary N) is 2. The fourth-order valence-corrected chi connectivity index (χ4v) is 2.94. The van der Waals surface area contributed by atoms with Crippen molar-refractivity contribution in [1.29, 1.82) is 0 Å². The van der Waals surface area contributed by atoms with Crippen LogP contribution < -0.4 is 20.2 Å². The van der Waals surface area contributed by atoms with Crippen molar-refractivity contribution >= 4 is 29.6 Å². The number of ether oxygens (including phenoxy) is 2. The maximum absolute atomic E-state index is 12.6. The molecule has 0 aliphatic heterocycles. The molecular weight excluding hydrogens is 418 g/mol. The Labute approximate surface area is 187 Å². The Morgan fingerprint density at radius 2 is 1.81 bits per heavy atom. The van der Waals surface area contributed by atoms with Gasteiger partial charge in [-0.2, -0.15) is 5.10 Å². The van der Waals surface area contributed by atoms with Crippen LogP contribution in [0.4, 0.5) is 0 Å². The summed E-state index contributed by atoms with van der Waals surface area (Å²) in [6.45, 7) is 7.54. The van der Waals surface area contributed by atoms with E-state index in [9.17, 15) is 9.59 Å². The van der Waals surface area contributed by atoms with Gasteiger partial charge in [-0.05, 0) is 61.7 Å². The minimum Gasteiger partial charge on any atom is -0.493 e. The van der Waals surface area contributed by atoms with E-state index in [0.29, 0.717) is 22.1 Å². The van der Waals surface area contributed by atoms with Crippen molar-refractivity contribution < 1.29 is 19.1 Å². The molecule has 166 valence electrons. The molecule has 0 saturated carbocycles. The number of nitrogens with zero attached hydrogens (tertiary/aromatic N) is 1. The molecule has 0 fully saturated rings. The predicted molar refractivity (Wildman–Crippen MR) is 122 cm³/mol. The highest BCUT2D eigenvalue weighted by Gasteiger charge is 2.24. The van der Waals surface area contributed by atoms with Crippen LogP contribution >= 0.6 is 11.6 Å². The Morgan fingerprint density at radius 1 is 1.06 bits per heavy atom. The molecule has 0 radical (unpaired) electrons. The number of hydrogen-bond donors (Lipinski definition) is 2. The minimum atomic E-state index is -0.764. The Kier molecular flexibility index (Phi) is 8.88. The molecule has 31 heavy (non-hydrogen) atoms. The van der Waals surface area contributed by atoms with E-state index in [1.54, 1.807) is 49.6 Å². The molecule has 2 aromatic rings. The molecule has 7 nitrogen and oxygen atoms in total. The van der Waals surface area contributed by atoms with E-state index >= 15 is 0 Å². The fourth-order valence-electron chi connectivity index (χ4n) is 2.74. The summed E-state index contributed by atoms with van der Waals surface area (Å²) in [4.78, 5) is 25.1. The predicted octanol–water partition coefficient (Wildman–Crippen LogP) is 4.04. The highest BCUT2D eigenvalue weighted by Crippen LogP contribution is 2.28. The Bertz CT molecular complexity index is 944. The highest BCUT2D eigenvalue weighted by molar-refractivity contribution is 6.31. The third-order valence-corrected chi connectivity index (χ3v) is 4.50. The van der Waals surface area contributed by atoms with Crippen molar-refractivity contribution in [3.63, 3.8) is 0 Å². The maximum atomic E-state index is 12.6. The number of hydrazone groups is 1. The third-order valence-electron chi connectivity index (χ3n) is 4.26. The number of methoxy groups -OCH3 is 1. The second-order valence-electron chi connectivity index (χ2n) is 7.52. The Hall–Kier alpha value is -3.06. The van der Waals surface area contributed by atoms with Gasteiger partial charge < -0.3 is 14.8 Å². The molecule has 1 atom stereocenters. The van der Waals surface area contributed by atoms with Crippen LogP contribution in [0.5, 0.6) is 11.5 Å². The molecule has 0 aromatic heterocycles. The molecular formula is C23H28ClN3O4. The van der Waals surface area contributed by atoms with Crippen molar-refractivity contribution in [2.24, 2.45) is 11.0 Å². The monoisotopic (exact) mass is 445 g/mol. The summed E-state index contributed by atoms with van der Waals surface area (Å²) < 4.78 is 11.0. The first-order valence-corrected chi connectivity index (χ1v) is 10.3. The number of benzene rings is 2. The van der Waals surface area contributed by atoms with Gasteiger partial charge >= 0.3 is 0 Å². The van der Waals surface area contributed by atoms with Gasteiger partial charge in [-0.15, -0.1) is 0 Å². The standard InChI is InChI=1S/C23H28ClN3O4/c1-14(2)21(26-22(28)17-7-6-8-18(24)12-17)23(29)27-25-13-16-9-10-19(31-15(3)4)20(11-16)30-5/h6-15,21H,1-5H3,(H,26,28)(H,27,29)/b25-13+. The third kappa shape index (κ3) is 7.29. The zero-order chi connectivity index (χ0) is 23.0. The maximum Gasteiger partial charge on any atom is 0.262 e. The van der Waals surface area contributed by atoms with Crippen LogP contribution in [0.3, 0.4) is 0 Å². The van der Waals surface area contributed by atoms with Crippen LogP contribution in [0.15, 0.2) is 47.6 Å². The molecule has 1 unspecified atom stereocenters. The largest absolute Gasteiger partial charge is 0.493 e. The van der Waals surface area contributed by atoms with Crippen molar-refractivity contribution in [1.82, 2.24) is 10.7 Å². The van der Waals surface area contributed by atoms with E-state index in [-0.39, 0.29) is 17.9 Å². The molecule has 0 bridgehead atoms. The van der Waals surface area contributed by atoms with E-state index in [0.717, 1.165) is 5.56 Å². The first-order valence-electron chi connectivity index (χ1n) is 9.95. The molecule has 2 amide bonds. The summed E-state index contributed by atoms with van der Waals surface area (Å²) in [5.74, 6) is 0.241. The first kappa shape index (κ1) is 24.2. The number of halogens is 1. The van der Waals surface area contributed by atoms with Crippen molar-refractivity contribution in [3.8, 4) is 11.5 Å². The smallest absolute Gasteiger partial charge is 0.262 e. The van der Waals surface area contributed by atoms with Crippen molar-refractivity contribution in [2.75, 3.05) is 7.11 Å². The summed E-state index contributed by atoms with van der Waals surface area (Å²) in [6.07, 6.45) is 1.51. The minimum absolute atomic E-state index is 0.0165. The Balaban J connectivity index is 2.04. The van der Waals surface area contributed by atoms with Crippen LogP contribution in [0.25, 0.3) is 0 Å².